The number of hydrogen-bond acceptors (Lipinski definition) is 3. The number of cyclic esters (lactones) is 1. The van der Waals surface area contributed by atoms with Crippen molar-refractivity contribution in [3.05, 3.63) is 88.6 Å². The van der Waals surface area contributed by atoms with Crippen LogP contribution >= 0.6 is 11.6 Å². The Kier molecular flexibility index (Phi) is 4.17. The van der Waals surface area contributed by atoms with Crippen LogP contribution in [0.4, 0.5) is 0 Å². The summed E-state index contributed by atoms with van der Waals surface area (Å²) in [4.78, 5) is 16.1. The number of aliphatic imine (C=N–C) groups is 1. The molecule has 0 bridgehead atoms. The molecule has 0 radical (unpaired) electrons. The van der Waals surface area contributed by atoms with Crippen LogP contribution < -0.4 is 0 Å². The first-order valence-corrected chi connectivity index (χ1v) is 7.10. The Labute approximate surface area is 133 Å². The van der Waals surface area contributed by atoms with Gasteiger partial charge in [-0.1, -0.05) is 60.1 Å². The number of benzene rings is 2. The first-order chi connectivity index (χ1) is 10.7. The summed E-state index contributed by atoms with van der Waals surface area (Å²) >= 11 is 6.16. The maximum absolute atomic E-state index is 11.9. The highest BCUT2D eigenvalue weighted by atomic mass is 35.5. The van der Waals surface area contributed by atoms with Crippen LogP contribution in [0, 0.1) is 0 Å². The zero-order chi connectivity index (χ0) is 15.4. The van der Waals surface area contributed by atoms with Crippen LogP contribution in [0.15, 0.2) is 82.5 Å². The molecule has 0 atom stereocenters. The lowest BCUT2D eigenvalue weighted by Crippen LogP contribution is -2.04. The van der Waals surface area contributed by atoms with Crippen molar-refractivity contribution in [2.45, 2.75) is 0 Å². The Balaban J connectivity index is 1.86. The first-order valence-electron chi connectivity index (χ1n) is 6.72. The number of carbonyl (C=O) groups excluding carboxylic acids is 1. The topological polar surface area (TPSA) is 38.7 Å². The molecular formula is C18H12ClNO2. The Bertz CT molecular complexity index is 777. The Morgan fingerprint density at radius 3 is 2.32 bits per heavy atom. The molecule has 4 heteroatoms. The minimum Gasteiger partial charge on any atom is -0.402 e. The van der Waals surface area contributed by atoms with E-state index in [1.165, 1.54) is 6.08 Å². The number of rotatable bonds is 3. The second kappa shape index (κ2) is 6.41. The lowest BCUT2D eigenvalue weighted by molar-refractivity contribution is -0.130. The Hall–Kier alpha value is -2.65. The van der Waals surface area contributed by atoms with Crippen molar-refractivity contribution < 1.29 is 9.53 Å². The van der Waals surface area contributed by atoms with Crippen LogP contribution in [0.3, 0.4) is 0 Å². The molecule has 0 aliphatic carbocycles. The van der Waals surface area contributed by atoms with Crippen LogP contribution in [0.2, 0.25) is 0 Å². The van der Waals surface area contributed by atoms with Gasteiger partial charge in [-0.2, -0.15) is 0 Å². The lowest BCUT2D eigenvalue weighted by Gasteiger charge is -1.97. The summed E-state index contributed by atoms with van der Waals surface area (Å²) in [5.74, 6) is -0.209. The van der Waals surface area contributed by atoms with Gasteiger partial charge in [-0.05, 0) is 29.8 Å². The molecule has 0 saturated carbocycles. The number of hydrogen-bond donors (Lipinski definition) is 0. The number of esters is 1. The molecule has 0 aromatic heterocycles. The third-order valence-corrected chi connectivity index (χ3v) is 3.24. The van der Waals surface area contributed by atoms with Crippen molar-refractivity contribution in [2.75, 3.05) is 0 Å². The van der Waals surface area contributed by atoms with E-state index in [9.17, 15) is 4.79 Å². The van der Waals surface area contributed by atoms with Gasteiger partial charge in [0.05, 0.1) is 0 Å². The highest BCUT2D eigenvalue weighted by Crippen LogP contribution is 2.20. The summed E-state index contributed by atoms with van der Waals surface area (Å²) in [6.07, 6.45) is 3.27. The molecule has 1 aliphatic rings. The Morgan fingerprint density at radius 1 is 1.00 bits per heavy atom. The zero-order valence-corrected chi connectivity index (χ0v) is 12.3. The van der Waals surface area contributed by atoms with Gasteiger partial charge >= 0.3 is 5.97 Å². The van der Waals surface area contributed by atoms with Crippen LogP contribution in [0.25, 0.3) is 6.08 Å². The molecule has 3 rings (SSSR count). The smallest absolute Gasteiger partial charge is 0.363 e. The maximum Gasteiger partial charge on any atom is 0.363 e. The van der Waals surface area contributed by atoms with E-state index in [0.29, 0.717) is 10.9 Å². The van der Waals surface area contributed by atoms with Crippen molar-refractivity contribution in [3.63, 3.8) is 0 Å². The van der Waals surface area contributed by atoms with E-state index < -0.39 is 5.97 Å². The molecule has 0 fully saturated rings. The van der Waals surface area contributed by atoms with Gasteiger partial charge in [0.2, 0.25) is 5.90 Å². The van der Waals surface area contributed by atoms with E-state index in [2.05, 4.69) is 4.99 Å². The molecule has 3 nitrogen and oxygen atoms in total. The van der Waals surface area contributed by atoms with Gasteiger partial charge in [-0.3, -0.25) is 0 Å². The van der Waals surface area contributed by atoms with Gasteiger partial charge in [0.15, 0.2) is 5.70 Å². The molecule has 1 aliphatic heterocycles. The van der Waals surface area contributed by atoms with E-state index in [4.69, 9.17) is 16.3 Å². The Morgan fingerprint density at radius 2 is 1.64 bits per heavy atom. The summed E-state index contributed by atoms with van der Waals surface area (Å²) in [6.45, 7) is 0. The summed E-state index contributed by atoms with van der Waals surface area (Å²) in [5, 5.41) is 0.413. The number of carbonyl (C=O) groups is 1. The van der Waals surface area contributed by atoms with E-state index in [1.807, 2.05) is 60.7 Å². The molecular weight excluding hydrogens is 298 g/mol. The van der Waals surface area contributed by atoms with Crippen molar-refractivity contribution in [1.82, 2.24) is 0 Å². The largest absolute Gasteiger partial charge is 0.402 e. The normalized spacial score (nSPS) is 16.6. The minimum absolute atomic E-state index is 0.191. The van der Waals surface area contributed by atoms with Crippen LogP contribution in [-0.4, -0.2) is 11.9 Å². The average Bonchev–Trinajstić information content (AvgIpc) is 2.90. The van der Waals surface area contributed by atoms with Crippen molar-refractivity contribution >= 4 is 29.5 Å². The number of allylic oxidation sites excluding steroid dienone is 2. The van der Waals surface area contributed by atoms with Crippen LogP contribution in [0.5, 0.6) is 0 Å². The van der Waals surface area contributed by atoms with Gasteiger partial charge in [-0.15, -0.1) is 0 Å². The van der Waals surface area contributed by atoms with Gasteiger partial charge in [-0.25, -0.2) is 9.79 Å². The average molecular weight is 310 g/mol. The molecule has 0 amide bonds. The standard InChI is InChI=1S/C18H12ClNO2/c19-15(11-13-7-3-1-4-8-13)12-16-18(21)22-17(20-16)14-9-5-2-6-10-14/h1-12H/b15-11-,16-12-. The van der Waals surface area contributed by atoms with E-state index in [-0.39, 0.29) is 5.70 Å². The number of halogens is 1. The fourth-order valence-electron chi connectivity index (χ4n) is 1.99. The van der Waals surface area contributed by atoms with E-state index in [0.717, 1.165) is 11.1 Å². The molecule has 1 heterocycles. The van der Waals surface area contributed by atoms with Crippen molar-refractivity contribution in [1.29, 1.82) is 0 Å². The second-order valence-electron chi connectivity index (χ2n) is 4.64. The molecule has 22 heavy (non-hydrogen) atoms. The third kappa shape index (κ3) is 3.32. The third-order valence-electron chi connectivity index (χ3n) is 3.02. The SMILES string of the molecule is O=C1OC(c2ccccc2)=N/C1=C\C(Cl)=C\c1ccccc1. The second-order valence-corrected chi connectivity index (χ2v) is 5.08. The summed E-state index contributed by atoms with van der Waals surface area (Å²) in [6, 6.07) is 18.9. The number of nitrogens with zero attached hydrogens (tertiary/aromatic N) is 1. The summed E-state index contributed by atoms with van der Waals surface area (Å²) in [7, 11) is 0. The van der Waals surface area contributed by atoms with E-state index >= 15 is 0 Å². The van der Waals surface area contributed by atoms with E-state index in [1.54, 1.807) is 6.08 Å². The van der Waals surface area contributed by atoms with Gasteiger partial charge in [0.1, 0.15) is 0 Å². The molecule has 0 unspecified atom stereocenters. The zero-order valence-electron chi connectivity index (χ0n) is 11.6. The molecule has 2 aromatic rings. The van der Waals surface area contributed by atoms with Gasteiger partial charge in [0, 0.05) is 10.6 Å². The van der Waals surface area contributed by atoms with Crippen molar-refractivity contribution in [2.24, 2.45) is 4.99 Å². The molecule has 0 saturated heterocycles. The lowest BCUT2D eigenvalue weighted by atomic mass is 10.2. The van der Waals surface area contributed by atoms with Gasteiger partial charge < -0.3 is 4.74 Å². The predicted molar refractivity (Wildman–Crippen MR) is 87.4 cm³/mol. The highest BCUT2D eigenvalue weighted by Gasteiger charge is 2.23. The summed E-state index contributed by atoms with van der Waals surface area (Å²) in [5.41, 5.74) is 1.89. The predicted octanol–water partition coefficient (Wildman–Crippen LogP) is 4.15. The number of ether oxygens (including phenoxy) is 1. The van der Waals surface area contributed by atoms with Crippen LogP contribution in [0.1, 0.15) is 11.1 Å². The fraction of sp³-hybridized carbons (Fsp3) is 0. The minimum atomic E-state index is -0.501. The summed E-state index contributed by atoms with van der Waals surface area (Å²) < 4.78 is 5.17. The fourth-order valence-corrected chi connectivity index (χ4v) is 2.22. The quantitative estimate of drug-likeness (QED) is 0.631. The molecule has 2 aromatic carbocycles. The first kappa shape index (κ1) is 14.3. The van der Waals surface area contributed by atoms with Crippen molar-refractivity contribution in [3.8, 4) is 0 Å². The molecule has 0 spiro atoms. The maximum atomic E-state index is 11.9. The molecule has 0 N–H and O–H groups in total. The monoisotopic (exact) mass is 309 g/mol. The molecule has 108 valence electrons. The van der Waals surface area contributed by atoms with Gasteiger partial charge in [0.25, 0.3) is 0 Å². The van der Waals surface area contributed by atoms with Crippen LogP contribution in [-0.2, 0) is 9.53 Å². The highest BCUT2D eigenvalue weighted by molar-refractivity contribution is 6.33.